The van der Waals surface area contributed by atoms with E-state index in [1.165, 1.54) is 37.1 Å². The first kappa shape index (κ1) is 10.3. The molecule has 2 unspecified atom stereocenters. The normalized spacial score (nSPS) is 31.6. The fourth-order valence-electron chi connectivity index (χ4n) is 4.14. The molecular weight excluding hydrogens is 194 g/mol. The van der Waals surface area contributed by atoms with E-state index in [9.17, 15) is 0 Å². The Morgan fingerprint density at radius 2 is 1.44 bits per heavy atom. The molecule has 2 heterocycles. The summed E-state index contributed by atoms with van der Waals surface area (Å²) in [6, 6.07) is 9.04. The van der Waals surface area contributed by atoms with Crippen LogP contribution in [-0.2, 0) is 13.1 Å². The number of rotatable bonds is 0. The minimum atomic E-state index is 0.901. The third kappa shape index (κ3) is 1.67. The second kappa shape index (κ2) is 3.59. The fraction of sp³-hybridized carbons (Fsp3) is 0.600. The smallest absolute Gasteiger partial charge is 0.105 e. The lowest BCUT2D eigenvalue weighted by atomic mass is 9.90. The molecule has 0 saturated carbocycles. The molecule has 1 fully saturated rings. The number of benzene rings is 1. The lowest BCUT2D eigenvalue weighted by Crippen LogP contribution is -2.52. The molecule has 1 spiro atoms. The van der Waals surface area contributed by atoms with Crippen molar-refractivity contribution in [2.75, 3.05) is 13.1 Å². The van der Waals surface area contributed by atoms with Gasteiger partial charge in [-0.05, 0) is 6.42 Å². The molecule has 2 aliphatic heterocycles. The molecule has 1 saturated heterocycles. The predicted octanol–water partition coefficient (Wildman–Crippen LogP) is 3.19. The molecule has 1 aromatic carbocycles. The average molecular weight is 216 g/mol. The van der Waals surface area contributed by atoms with Gasteiger partial charge in [-0.15, -0.1) is 0 Å². The molecule has 2 atom stereocenters. The van der Waals surface area contributed by atoms with Gasteiger partial charge in [-0.25, -0.2) is 0 Å². The van der Waals surface area contributed by atoms with Crippen LogP contribution in [0.3, 0.4) is 0 Å². The minimum Gasteiger partial charge on any atom is -0.316 e. The van der Waals surface area contributed by atoms with Crippen LogP contribution in [0.1, 0.15) is 31.4 Å². The summed E-state index contributed by atoms with van der Waals surface area (Å²) in [6.45, 7) is 10.2. The van der Waals surface area contributed by atoms with E-state index in [1.54, 1.807) is 11.1 Å². The maximum absolute atomic E-state index is 2.43. The number of nitrogens with zero attached hydrogens (tertiary/aromatic N) is 1. The molecule has 0 N–H and O–H groups in total. The topological polar surface area (TPSA) is 0 Å². The van der Waals surface area contributed by atoms with Gasteiger partial charge in [0.15, 0.2) is 0 Å². The monoisotopic (exact) mass is 216 g/mol. The molecule has 0 aliphatic carbocycles. The molecule has 3 rings (SSSR count). The number of hydrogen-bond acceptors (Lipinski definition) is 0. The van der Waals surface area contributed by atoms with E-state index in [2.05, 4.69) is 38.1 Å². The number of hydrogen-bond donors (Lipinski definition) is 0. The maximum Gasteiger partial charge on any atom is 0.105 e. The van der Waals surface area contributed by atoms with Gasteiger partial charge in [0.05, 0.1) is 13.1 Å². The summed E-state index contributed by atoms with van der Waals surface area (Å²) in [5.41, 5.74) is 3.20. The van der Waals surface area contributed by atoms with Crippen LogP contribution in [0.25, 0.3) is 0 Å². The summed E-state index contributed by atoms with van der Waals surface area (Å²) in [5, 5.41) is 0. The first-order valence-corrected chi connectivity index (χ1v) is 6.59. The molecule has 2 aliphatic rings. The van der Waals surface area contributed by atoms with Gasteiger partial charge >= 0.3 is 0 Å². The summed E-state index contributed by atoms with van der Waals surface area (Å²) >= 11 is 0. The van der Waals surface area contributed by atoms with E-state index in [4.69, 9.17) is 0 Å². The Labute approximate surface area is 98.7 Å². The van der Waals surface area contributed by atoms with Crippen molar-refractivity contribution in [1.29, 1.82) is 0 Å². The van der Waals surface area contributed by atoms with Crippen molar-refractivity contribution in [3.63, 3.8) is 0 Å². The quantitative estimate of drug-likeness (QED) is 0.584. The Kier molecular flexibility index (Phi) is 2.32. The van der Waals surface area contributed by atoms with Crippen LogP contribution in [0.15, 0.2) is 24.3 Å². The van der Waals surface area contributed by atoms with E-state index in [0.717, 1.165) is 11.8 Å². The molecule has 86 valence electrons. The minimum absolute atomic E-state index is 0.901. The first-order valence-electron chi connectivity index (χ1n) is 6.59. The SMILES string of the molecule is CC1CC(C)C[N+]2(Cc3ccccc3C2)C1. The van der Waals surface area contributed by atoms with Gasteiger partial charge in [0.2, 0.25) is 0 Å². The Morgan fingerprint density at radius 1 is 0.938 bits per heavy atom. The van der Waals surface area contributed by atoms with Crippen LogP contribution in [0, 0.1) is 11.8 Å². The largest absolute Gasteiger partial charge is 0.316 e. The van der Waals surface area contributed by atoms with Crippen LogP contribution < -0.4 is 0 Å². The van der Waals surface area contributed by atoms with Crippen LogP contribution in [-0.4, -0.2) is 17.6 Å². The van der Waals surface area contributed by atoms with Crippen molar-refractivity contribution in [3.8, 4) is 0 Å². The van der Waals surface area contributed by atoms with Crippen molar-refractivity contribution in [1.82, 2.24) is 0 Å². The molecule has 0 radical (unpaired) electrons. The Bertz CT molecular complexity index is 359. The highest BCUT2D eigenvalue weighted by molar-refractivity contribution is 5.28. The van der Waals surface area contributed by atoms with Gasteiger partial charge in [-0.1, -0.05) is 38.1 Å². The highest BCUT2D eigenvalue weighted by Crippen LogP contribution is 2.36. The van der Waals surface area contributed by atoms with Crippen molar-refractivity contribution in [3.05, 3.63) is 35.4 Å². The average Bonchev–Trinajstić information content (AvgIpc) is 2.52. The second-order valence-electron chi connectivity index (χ2n) is 6.24. The van der Waals surface area contributed by atoms with Crippen LogP contribution in [0.2, 0.25) is 0 Å². The molecule has 0 aromatic heterocycles. The van der Waals surface area contributed by atoms with Gasteiger partial charge in [-0.2, -0.15) is 0 Å². The zero-order chi connectivity index (χ0) is 11.2. The summed E-state index contributed by atoms with van der Waals surface area (Å²) in [4.78, 5) is 0. The first-order chi connectivity index (χ1) is 7.67. The summed E-state index contributed by atoms with van der Waals surface area (Å²) in [7, 11) is 0. The van der Waals surface area contributed by atoms with Crippen molar-refractivity contribution >= 4 is 0 Å². The van der Waals surface area contributed by atoms with Gasteiger partial charge < -0.3 is 4.48 Å². The predicted molar refractivity (Wildman–Crippen MR) is 66.8 cm³/mol. The van der Waals surface area contributed by atoms with E-state index in [0.29, 0.717) is 0 Å². The second-order valence-corrected chi connectivity index (χ2v) is 6.24. The van der Waals surface area contributed by atoms with Crippen molar-refractivity contribution in [2.24, 2.45) is 11.8 Å². The number of fused-ring (bicyclic) bond motifs is 1. The van der Waals surface area contributed by atoms with Gasteiger partial charge in [0, 0.05) is 23.0 Å². The molecule has 0 amide bonds. The van der Waals surface area contributed by atoms with Crippen LogP contribution in [0.5, 0.6) is 0 Å². The summed E-state index contributed by atoms with van der Waals surface area (Å²) < 4.78 is 1.34. The molecule has 1 heteroatoms. The van der Waals surface area contributed by atoms with Crippen LogP contribution in [0.4, 0.5) is 0 Å². The van der Waals surface area contributed by atoms with E-state index in [1.807, 2.05) is 0 Å². The molecular formula is C15H22N+. The molecule has 16 heavy (non-hydrogen) atoms. The standard InChI is InChI=1S/C15H22N/c1-12-7-13(2)9-16(8-12)10-14-5-3-4-6-15(14)11-16/h3-6,12-13H,7-11H2,1-2H3/q+1. The highest BCUT2D eigenvalue weighted by Gasteiger charge is 2.41. The third-order valence-corrected chi connectivity index (χ3v) is 4.33. The Morgan fingerprint density at radius 3 is 1.94 bits per heavy atom. The molecule has 1 aromatic rings. The molecule has 0 bridgehead atoms. The number of quaternary nitrogens is 1. The third-order valence-electron chi connectivity index (χ3n) is 4.33. The zero-order valence-corrected chi connectivity index (χ0v) is 10.4. The van der Waals surface area contributed by atoms with E-state index in [-0.39, 0.29) is 0 Å². The van der Waals surface area contributed by atoms with Crippen molar-refractivity contribution in [2.45, 2.75) is 33.4 Å². The molecule has 1 nitrogen and oxygen atoms in total. The number of piperidine rings is 1. The Balaban J connectivity index is 1.88. The van der Waals surface area contributed by atoms with Crippen LogP contribution >= 0.6 is 0 Å². The zero-order valence-electron chi connectivity index (χ0n) is 10.4. The summed E-state index contributed by atoms with van der Waals surface area (Å²) in [5.74, 6) is 1.80. The van der Waals surface area contributed by atoms with E-state index < -0.39 is 0 Å². The highest BCUT2D eigenvalue weighted by atomic mass is 15.4. The Hall–Kier alpha value is -0.820. The maximum atomic E-state index is 2.43. The van der Waals surface area contributed by atoms with E-state index >= 15 is 0 Å². The lowest BCUT2D eigenvalue weighted by molar-refractivity contribution is -0.957. The summed E-state index contributed by atoms with van der Waals surface area (Å²) in [6.07, 6.45) is 1.43. The van der Waals surface area contributed by atoms with Gasteiger partial charge in [-0.3, -0.25) is 0 Å². The van der Waals surface area contributed by atoms with Gasteiger partial charge in [0.25, 0.3) is 0 Å². The van der Waals surface area contributed by atoms with Crippen molar-refractivity contribution < 1.29 is 4.48 Å². The van der Waals surface area contributed by atoms with Gasteiger partial charge in [0.1, 0.15) is 13.1 Å². The lowest BCUT2D eigenvalue weighted by Gasteiger charge is -2.43. The fourth-order valence-corrected chi connectivity index (χ4v) is 4.14.